The van der Waals surface area contributed by atoms with E-state index in [1.165, 1.54) is 0 Å². The normalized spacial score (nSPS) is 17.0. The molecule has 0 radical (unpaired) electrons. The van der Waals surface area contributed by atoms with Gasteiger partial charge < -0.3 is 10.1 Å². The number of rotatable bonds is 4. The maximum absolute atomic E-state index is 12.3. The summed E-state index contributed by atoms with van der Waals surface area (Å²) in [7, 11) is 0. The number of aromatic nitrogens is 2. The zero-order valence-electron chi connectivity index (χ0n) is 13.0. The Morgan fingerprint density at radius 3 is 3.05 bits per heavy atom. The van der Waals surface area contributed by atoms with Gasteiger partial charge in [-0.25, -0.2) is 0 Å². The summed E-state index contributed by atoms with van der Waals surface area (Å²) < 4.78 is 7.56. The maximum Gasteiger partial charge on any atom is 0.227 e. The fourth-order valence-electron chi connectivity index (χ4n) is 2.58. The van der Waals surface area contributed by atoms with Crippen LogP contribution in [0.4, 0.5) is 0 Å². The zero-order chi connectivity index (χ0) is 15.5. The summed E-state index contributed by atoms with van der Waals surface area (Å²) >= 11 is 0. The van der Waals surface area contributed by atoms with Crippen LogP contribution in [0.3, 0.4) is 0 Å². The zero-order valence-corrected chi connectivity index (χ0v) is 13.0. The first-order valence-corrected chi connectivity index (χ1v) is 7.65. The van der Waals surface area contributed by atoms with E-state index in [4.69, 9.17) is 4.74 Å². The fourth-order valence-corrected chi connectivity index (χ4v) is 2.58. The monoisotopic (exact) mass is 299 g/mol. The van der Waals surface area contributed by atoms with E-state index in [1.54, 1.807) is 6.20 Å². The Morgan fingerprint density at radius 1 is 1.45 bits per heavy atom. The molecule has 116 valence electrons. The SMILES string of the molecule is CC(C)n1cc(CNC(=O)C2COc3ccccc3C2)cn1. The molecule has 0 saturated carbocycles. The number of ether oxygens (including phenoxy) is 1. The number of hydrogen-bond donors (Lipinski definition) is 1. The standard InChI is InChI=1S/C17H21N3O2/c1-12(2)20-10-13(9-19-20)8-18-17(21)15-7-14-5-3-4-6-16(14)22-11-15/h3-6,9-10,12,15H,7-8,11H2,1-2H3,(H,18,21). The smallest absolute Gasteiger partial charge is 0.227 e. The lowest BCUT2D eigenvalue weighted by Crippen LogP contribution is -2.36. The molecule has 3 rings (SSSR count). The molecule has 0 spiro atoms. The third-order valence-electron chi connectivity index (χ3n) is 3.90. The Morgan fingerprint density at radius 2 is 2.27 bits per heavy atom. The highest BCUT2D eigenvalue weighted by molar-refractivity contribution is 5.79. The molecule has 1 aromatic carbocycles. The highest BCUT2D eigenvalue weighted by Crippen LogP contribution is 2.26. The first-order valence-electron chi connectivity index (χ1n) is 7.65. The summed E-state index contributed by atoms with van der Waals surface area (Å²) in [6.45, 7) is 5.09. The lowest BCUT2D eigenvalue weighted by atomic mass is 9.96. The van der Waals surface area contributed by atoms with Gasteiger partial charge in [-0.2, -0.15) is 5.10 Å². The van der Waals surface area contributed by atoms with Crippen molar-refractivity contribution in [2.24, 2.45) is 5.92 Å². The van der Waals surface area contributed by atoms with Gasteiger partial charge in [-0.3, -0.25) is 9.48 Å². The fraction of sp³-hybridized carbons (Fsp3) is 0.412. The van der Waals surface area contributed by atoms with Crippen molar-refractivity contribution < 1.29 is 9.53 Å². The summed E-state index contributed by atoms with van der Waals surface area (Å²) in [6, 6.07) is 8.22. The van der Waals surface area contributed by atoms with Crippen molar-refractivity contribution in [3.05, 3.63) is 47.8 Å². The van der Waals surface area contributed by atoms with E-state index in [1.807, 2.05) is 35.1 Å². The Bertz CT molecular complexity index is 663. The summed E-state index contributed by atoms with van der Waals surface area (Å²) in [6.07, 6.45) is 4.50. The molecule has 0 fully saturated rings. The van der Waals surface area contributed by atoms with E-state index in [9.17, 15) is 4.79 Å². The van der Waals surface area contributed by atoms with Gasteiger partial charge in [0.15, 0.2) is 0 Å². The third-order valence-corrected chi connectivity index (χ3v) is 3.90. The molecule has 1 aromatic heterocycles. The van der Waals surface area contributed by atoms with Gasteiger partial charge in [0.2, 0.25) is 5.91 Å². The van der Waals surface area contributed by atoms with Crippen LogP contribution in [0, 0.1) is 5.92 Å². The van der Waals surface area contributed by atoms with Crippen LogP contribution in [0.2, 0.25) is 0 Å². The minimum atomic E-state index is -0.130. The molecule has 1 aliphatic heterocycles. The number of carbonyl (C=O) groups excluding carboxylic acids is 1. The first kappa shape index (κ1) is 14.6. The van der Waals surface area contributed by atoms with E-state index >= 15 is 0 Å². The quantitative estimate of drug-likeness (QED) is 0.942. The van der Waals surface area contributed by atoms with E-state index in [-0.39, 0.29) is 11.8 Å². The number of para-hydroxylation sites is 1. The lowest BCUT2D eigenvalue weighted by molar-refractivity contribution is -0.126. The number of hydrogen-bond acceptors (Lipinski definition) is 3. The summed E-state index contributed by atoms with van der Waals surface area (Å²) in [5.41, 5.74) is 2.11. The number of nitrogens with one attached hydrogen (secondary N) is 1. The molecule has 0 bridgehead atoms. The van der Waals surface area contributed by atoms with Gasteiger partial charge in [0.1, 0.15) is 12.4 Å². The minimum absolute atomic E-state index is 0.0341. The number of amides is 1. The molecule has 1 atom stereocenters. The average Bonchev–Trinajstić information content (AvgIpc) is 3.01. The molecule has 22 heavy (non-hydrogen) atoms. The predicted molar refractivity (Wildman–Crippen MR) is 83.6 cm³/mol. The Hall–Kier alpha value is -2.30. The van der Waals surface area contributed by atoms with E-state index in [2.05, 4.69) is 24.3 Å². The van der Waals surface area contributed by atoms with Crippen molar-refractivity contribution in [3.63, 3.8) is 0 Å². The molecule has 2 heterocycles. The average molecular weight is 299 g/mol. The van der Waals surface area contributed by atoms with Crippen molar-refractivity contribution >= 4 is 5.91 Å². The highest BCUT2D eigenvalue weighted by atomic mass is 16.5. The molecular formula is C17H21N3O2. The highest BCUT2D eigenvalue weighted by Gasteiger charge is 2.25. The number of benzene rings is 1. The van der Waals surface area contributed by atoms with Gasteiger partial charge in [-0.1, -0.05) is 18.2 Å². The van der Waals surface area contributed by atoms with E-state index in [0.29, 0.717) is 19.2 Å². The molecule has 2 aromatic rings. The predicted octanol–water partition coefficient (Wildman–Crippen LogP) is 2.33. The Balaban J connectivity index is 1.56. The van der Waals surface area contributed by atoms with E-state index in [0.717, 1.165) is 23.3 Å². The topological polar surface area (TPSA) is 56.2 Å². The molecule has 5 heteroatoms. The largest absolute Gasteiger partial charge is 0.492 e. The second-order valence-corrected chi connectivity index (χ2v) is 5.96. The molecule has 1 amide bonds. The molecule has 1 N–H and O–H groups in total. The number of nitrogens with zero attached hydrogens (tertiary/aromatic N) is 2. The van der Waals surface area contributed by atoms with Crippen molar-refractivity contribution in [2.75, 3.05) is 6.61 Å². The van der Waals surface area contributed by atoms with Gasteiger partial charge in [0.05, 0.1) is 12.1 Å². The third kappa shape index (κ3) is 3.13. The van der Waals surface area contributed by atoms with Crippen LogP contribution >= 0.6 is 0 Å². The van der Waals surface area contributed by atoms with Gasteiger partial charge in [-0.15, -0.1) is 0 Å². The van der Waals surface area contributed by atoms with E-state index < -0.39 is 0 Å². The minimum Gasteiger partial charge on any atom is -0.492 e. The molecule has 0 saturated heterocycles. The van der Waals surface area contributed by atoms with Gasteiger partial charge in [0, 0.05) is 24.3 Å². The molecule has 1 unspecified atom stereocenters. The van der Waals surface area contributed by atoms with Crippen LogP contribution in [0.1, 0.15) is 31.0 Å². The lowest BCUT2D eigenvalue weighted by Gasteiger charge is -2.24. The van der Waals surface area contributed by atoms with Gasteiger partial charge in [-0.05, 0) is 31.9 Å². The second kappa shape index (κ2) is 6.22. The molecule has 1 aliphatic rings. The Kier molecular flexibility index (Phi) is 4.13. The van der Waals surface area contributed by atoms with Gasteiger partial charge in [0.25, 0.3) is 0 Å². The van der Waals surface area contributed by atoms with Crippen LogP contribution in [0.25, 0.3) is 0 Å². The van der Waals surface area contributed by atoms with Crippen LogP contribution in [-0.4, -0.2) is 22.3 Å². The van der Waals surface area contributed by atoms with Crippen molar-refractivity contribution in [3.8, 4) is 5.75 Å². The molecule has 5 nitrogen and oxygen atoms in total. The maximum atomic E-state index is 12.3. The first-order chi connectivity index (χ1) is 10.6. The van der Waals surface area contributed by atoms with Crippen LogP contribution in [-0.2, 0) is 17.8 Å². The van der Waals surface area contributed by atoms with Crippen LogP contribution in [0.5, 0.6) is 5.75 Å². The molecular weight excluding hydrogens is 278 g/mol. The summed E-state index contributed by atoms with van der Waals surface area (Å²) in [5.74, 6) is 0.798. The second-order valence-electron chi connectivity index (χ2n) is 5.96. The summed E-state index contributed by atoms with van der Waals surface area (Å²) in [5, 5.41) is 7.26. The Labute approximate surface area is 130 Å². The van der Waals surface area contributed by atoms with Crippen LogP contribution in [0.15, 0.2) is 36.7 Å². The molecule has 0 aliphatic carbocycles. The van der Waals surface area contributed by atoms with Crippen LogP contribution < -0.4 is 10.1 Å². The number of fused-ring (bicyclic) bond motifs is 1. The summed E-state index contributed by atoms with van der Waals surface area (Å²) in [4.78, 5) is 12.3. The van der Waals surface area contributed by atoms with Crippen molar-refractivity contribution in [1.29, 1.82) is 0 Å². The number of carbonyl (C=O) groups is 1. The van der Waals surface area contributed by atoms with Gasteiger partial charge >= 0.3 is 0 Å². The van der Waals surface area contributed by atoms with Crippen molar-refractivity contribution in [2.45, 2.75) is 32.9 Å². The van der Waals surface area contributed by atoms with Crippen molar-refractivity contribution in [1.82, 2.24) is 15.1 Å².